The van der Waals surface area contributed by atoms with Gasteiger partial charge in [-0.25, -0.2) is 4.39 Å². The smallest absolute Gasteiger partial charge is 0.123 e. The fourth-order valence-corrected chi connectivity index (χ4v) is 2.98. The topological polar surface area (TPSA) is 15.3 Å². The first-order chi connectivity index (χ1) is 9.52. The van der Waals surface area contributed by atoms with Crippen LogP contribution in [0.2, 0.25) is 0 Å². The molecule has 0 bridgehead atoms. The number of anilines is 1. The molecule has 2 nitrogen and oxygen atoms in total. The highest BCUT2D eigenvalue weighted by molar-refractivity contribution is 5.48. The summed E-state index contributed by atoms with van der Waals surface area (Å²) in [5.41, 5.74) is 1.14. The molecule has 1 fully saturated rings. The predicted molar refractivity (Wildman–Crippen MR) is 83.6 cm³/mol. The molecule has 1 aromatic rings. The van der Waals surface area contributed by atoms with Crippen LogP contribution in [0.5, 0.6) is 0 Å². The van der Waals surface area contributed by atoms with Crippen molar-refractivity contribution in [3.63, 3.8) is 0 Å². The van der Waals surface area contributed by atoms with Crippen LogP contribution in [-0.2, 0) is 0 Å². The Bertz CT molecular complexity index is 416. The first-order valence-electron chi connectivity index (χ1n) is 7.78. The SMILES string of the molecule is CCC(C)C1CN(c2ccc(F)cc2)C(C(C)C)CN1. The molecular weight excluding hydrogens is 251 g/mol. The first kappa shape index (κ1) is 15.3. The van der Waals surface area contributed by atoms with Gasteiger partial charge in [0.2, 0.25) is 0 Å². The molecule has 3 atom stereocenters. The van der Waals surface area contributed by atoms with Gasteiger partial charge in [0.25, 0.3) is 0 Å². The third-order valence-corrected chi connectivity index (χ3v) is 4.64. The molecule has 0 aliphatic carbocycles. The molecule has 3 heteroatoms. The lowest BCUT2D eigenvalue weighted by molar-refractivity contribution is 0.281. The highest BCUT2D eigenvalue weighted by Gasteiger charge is 2.31. The largest absolute Gasteiger partial charge is 0.365 e. The van der Waals surface area contributed by atoms with Crippen LogP contribution in [-0.4, -0.2) is 25.2 Å². The molecule has 112 valence electrons. The van der Waals surface area contributed by atoms with Gasteiger partial charge in [-0.2, -0.15) is 0 Å². The van der Waals surface area contributed by atoms with Crippen molar-refractivity contribution < 1.29 is 4.39 Å². The lowest BCUT2D eigenvalue weighted by Crippen LogP contribution is -2.60. The highest BCUT2D eigenvalue weighted by atomic mass is 19.1. The summed E-state index contributed by atoms with van der Waals surface area (Å²) in [6.45, 7) is 11.1. The summed E-state index contributed by atoms with van der Waals surface area (Å²) >= 11 is 0. The fourth-order valence-electron chi connectivity index (χ4n) is 2.98. The van der Waals surface area contributed by atoms with E-state index in [4.69, 9.17) is 0 Å². The van der Waals surface area contributed by atoms with Gasteiger partial charge in [0.05, 0.1) is 0 Å². The quantitative estimate of drug-likeness (QED) is 0.904. The van der Waals surface area contributed by atoms with Crippen molar-refractivity contribution in [3.8, 4) is 0 Å². The van der Waals surface area contributed by atoms with Gasteiger partial charge in [-0.05, 0) is 36.1 Å². The van der Waals surface area contributed by atoms with Gasteiger partial charge < -0.3 is 10.2 Å². The van der Waals surface area contributed by atoms with E-state index in [2.05, 4.69) is 37.9 Å². The van der Waals surface area contributed by atoms with Crippen LogP contribution in [0.1, 0.15) is 34.1 Å². The molecule has 0 aromatic heterocycles. The molecule has 0 spiro atoms. The van der Waals surface area contributed by atoms with Gasteiger partial charge in [-0.1, -0.05) is 34.1 Å². The van der Waals surface area contributed by atoms with Crippen LogP contribution in [0.15, 0.2) is 24.3 Å². The zero-order valence-electron chi connectivity index (χ0n) is 13.1. The normalized spacial score (nSPS) is 25.0. The average molecular weight is 278 g/mol. The van der Waals surface area contributed by atoms with Crippen molar-refractivity contribution in [1.82, 2.24) is 5.32 Å². The van der Waals surface area contributed by atoms with Gasteiger partial charge in [-0.3, -0.25) is 0 Å². The minimum absolute atomic E-state index is 0.163. The van der Waals surface area contributed by atoms with Gasteiger partial charge in [0.1, 0.15) is 5.82 Å². The van der Waals surface area contributed by atoms with Crippen LogP contribution < -0.4 is 10.2 Å². The molecule has 1 N–H and O–H groups in total. The predicted octanol–water partition coefficient (Wildman–Crippen LogP) is 3.67. The number of benzene rings is 1. The van der Waals surface area contributed by atoms with E-state index in [-0.39, 0.29) is 5.82 Å². The minimum atomic E-state index is -0.163. The second kappa shape index (κ2) is 6.57. The molecule has 1 aromatic carbocycles. The standard InChI is InChI=1S/C17H27FN2/c1-5-13(4)16-11-20(17(10-19-16)12(2)3)15-8-6-14(18)7-9-15/h6-9,12-13,16-17,19H,5,10-11H2,1-4H3. The van der Waals surface area contributed by atoms with E-state index < -0.39 is 0 Å². The molecule has 3 unspecified atom stereocenters. The Kier molecular flexibility index (Phi) is 5.03. The average Bonchev–Trinajstić information content (AvgIpc) is 2.46. The van der Waals surface area contributed by atoms with Crippen LogP contribution in [0.4, 0.5) is 10.1 Å². The Morgan fingerprint density at radius 3 is 2.45 bits per heavy atom. The van der Waals surface area contributed by atoms with Gasteiger partial charge in [-0.15, -0.1) is 0 Å². The summed E-state index contributed by atoms with van der Waals surface area (Å²) in [4.78, 5) is 2.46. The van der Waals surface area contributed by atoms with E-state index in [1.807, 2.05) is 12.1 Å². The monoisotopic (exact) mass is 278 g/mol. The van der Waals surface area contributed by atoms with E-state index in [1.165, 1.54) is 6.42 Å². The van der Waals surface area contributed by atoms with E-state index in [0.29, 0.717) is 23.9 Å². The number of piperazine rings is 1. The first-order valence-corrected chi connectivity index (χ1v) is 7.78. The van der Waals surface area contributed by atoms with Crippen LogP contribution in [0.25, 0.3) is 0 Å². The second-order valence-electron chi connectivity index (χ2n) is 6.34. The molecule has 0 saturated carbocycles. The summed E-state index contributed by atoms with van der Waals surface area (Å²) in [6, 6.07) is 7.92. The molecule has 1 saturated heterocycles. The van der Waals surface area contributed by atoms with Crippen molar-refractivity contribution in [3.05, 3.63) is 30.1 Å². The number of nitrogens with one attached hydrogen (secondary N) is 1. The number of rotatable bonds is 4. The Labute approximate surface area is 122 Å². The Hall–Kier alpha value is -1.09. The Morgan fingerprint density at radius 2 is 1.90 bits per heavy atom. The molecule has 20 heavy (non-hydrogen) atoms. The highest BCUT2D eigenvalue weighted by Crippen LogP contribution is 2.26. The summed E-state index contributed by atoms with van der Waals surface area (Å²) < 4.78 is 13.1. The Morgan fingerprint density at radius 1 is 1.25 bits per heavy atom. The van der Waals surface area contributed by atoms with Crippen LogP contribution in [0.3, 0.4) is 0 Å². The van der Waals surface area contributed by atoms with Crippen LogP contribution >= 0.6 is 0 Å². The summed E-state index contributed by atoms with van der Waals surface area (Å²) in [7, 11) is 0. The summed E-state index contributed by atoms with van der Waals surface area (Å²) in [5.74, 6) is 1.07. The van der Waals surface area contributed by atoms with Crippen molar-refractivity contribution in [2.75, 3.05) is 18.0 Å². The maximum Gasteiger partial charge on any atom is 0.123 e. The molecule has 1 aliphatic rings. The number of nitrogens with zero attached hydrogens (tertiary/aromatic N) is 1. The van der Waals surface area contributed by atoms with Gasteiger partial charge >= 0.3 is 0 Å². The second-order valence-corrected chi connectivity index (χ2v) is 6.34. The zero-order chi connectivity index (χ0) is 14.7. The van der Waals surface area contributed by atoms with E-state index in [1.54, 1.807) is 12.1 Å². The number of hydrogen-bond donors (Lipinski definition) is 1. The molecule has 1 heterocycles. The van der Waals surface area contributed by atoms with Crippen molar-refractivity contribution in [2.45, 2.75) is 46.2 Å². The summed E-state index contributed by atoms with van der Waals surface area (Å²) in [6.07, 6.45) is 1.18. The number of halogens is 1. The van der Waals surface area contributed by atoms with Crippen molar-refractivity contribution in [2.24, 2.45) is 11.8 Å². The molecular formula is C17H27FN2. The lowest BCUT2D eigenvalue weighted by Gasteiger charge is -2.45. The van der Waals surface area contributed by atoms with Crippen LogP contribution in [0, 0.1) is 17.7 Å². The van der Waals surface area contributed by atoms with E-state index in [0.717, 1.165) is 18.8 Å². The zero-order valence-corrected chi connectivity index (χ0v) is 13.1. The van der Waals surface area contributed by atoms with Crippen molar-refractivity contribution >= 4 is 5.69 Å². The maximum absolute atomic E-state index is 13.1. The molecule has 1 aliphatic heterocycles. The van der Waals surface area contributed by atoms with Crippen molar-refractivity contribution in [1.29, 1.82) is 0 Å². The number of hydrogen-bond acceptors (Lipinski definition) is 2. The third-order valence-electron chi connectivity index (χ3n) is 4.64. The fraction of sp³-hybridized carbons (Fsp3) is 0.647. The maximum atomic E-state index is 13.1. The molecule has 2 rings (SSSR count). The third kappa shape index (κ3) is 3.32. The van der Waals surface area contributed by atoms with E-state index in [9.17, 15) is 4.39 Å². The molecule has 0 amide bonds. The minimum Gasteiger partial charge on any atom is -0.365 e. The van der Waals surface area contributed by atoms with Gasteiger partial charge in [0.15, 0.2) is 0 Å². The summed E-state index contributed by atoms with van der Waals surface area (Å²) in [5, 5.41) is 3.70. The lowest BCUT2D eigenvalue weighted by atomic mass is 9.91. The van der Waals surface area contributed by atoms with Gasteiger partial charge in [0, 0.05) is 30.9 Å². The Balaban J connectivity index is 2.20. The molecule has 0 radical (unpaired) electrons. The van der Waals surface area contributed by atoms with E-state index >= 15 is 0 Å².